The van der Waals surface area contributed by atoms with Gasteiger partial charge in [0.05, 0.1) is 17.5 Å². The molecule has 1 heterocycles. The van der Waals surface area contributed by atoms with Crippen LogP contribution in [0, 0.1) is 0 Å². The number of hydrogen-bond donors (Lipinski definition) is 3. The van der Waals surface area contributed by atoms with Crippen molar-refractivity contribution < 1.29 is 27.1 Å². The molecule has 2 aromatic rings. The summed E-state index contributed by atoms with van der Waals surface area (Å²) >= 11 is 3.51. The largest absolute Gasteiger partial charge is 0.539 e. The molecule has 0 radical (unpaired) electrons. The minimum absolute atomic E-state index is 0.0933. The van der Waals surface area contributed by atoms with Crippen LogP contribution in [0.2, 0.25) is 19.6 Å². The number of alkyl halides is 1. The fraction of sp³-hybridized carbons (Fsp3) is 0.412. The van der Waals surface area contributed by atoms with E-state index in [1.807, 2.05) is 31.8 Å². The summed E-state index contributed by atoms with van der Waals surface area (Å²) in [7, 11) is -3.17. The minimum Gasteiger partial charge on any atom is -0.539 e. The molecule has 150 valence electrons. The van der Waals surface area contributed by atoms with E-state index in [1.54, 1.807) is 19.2 Å². The maximum absolute atomic E-state index is 10.8. The van der Waals surface area contributed by atoms with Gasteiger partial charge in [-0.15, -0.1) is 0 Å². The van der Waals surface area contributed by atoms with Crippen molar-refractivity contribution in [1.29, 1.82) is 0 Å². The highest BCUT2D eigenvalue weighted by Gasteiger charge is 2.31. The van der Waals surface area contributed by atoms with Crippen molar-refractivity contribution in [2.75, 3.05) is 13.7 Å². The van der Waals surface area contributed by atoms with Crippen LogP contribution < -0.4 is 13.9 Å². The second-order valence-electron chi connectivity index (χ2n) is 6.81. The number of aromatic hydroxyl groups is 1. The molecule has 1 aromatic heterocycles. The van der Waals surface area contributed by atoms with Gasteiger partial charge >= 0.3 is 0 Å². The topological polar surface area (TPSA) is 98.0 Å². The van der Waals surface area contributed by atoms with Crippen LogP contribution in [0.25, 0.3) is 11.3 Å². The Balaban J connectivity index is 2.48. The normalized spacial score (nSPS) is 13.0. The molecule has 7 nitrogen and oxygen atoms in total. The van der Waals surface area contributed by atoms with Crippen molar-refractivity contribution in [2.45, 2.75) is 30.9 Å². The van der Waals surface area contributed by atoms with E-state index < -0.39 is 19.2 Å². The SMILES string of the molecule is COc1ccccc1-c1oc(C(Br)CCN[SH](=O)=O)c(O[Si](C)(C)C)c1O. The summed E-state index contributed by atoms with van der Waals surface area (Å²) in [6.45, 7) is 6.23. The number of thiol groups is 1. The molecule has 2 N–H and O–H groups in total. The molecule has 10 heteroatoms. The van der Waals surface area contributed by atoms with Gasteiger partial charge in [0.25, 0.3) is 0 Å². The van der Waals surface area contributed by atoms with E-state index in [-0.39, 0.29) is 28.6 Å². The molecule has 0 fully saturated rings. The Labute approximate surface area is 170 Å². The summed E-state index contributed by atoms with van der Waals surface area (Å²) < 4.78 is 41.2. The highest BCUT2D eigenvalue weighted by Crippen LogP contribution is 2.50. The third-order valence-corrected chi connectivity index (χ3v) is 5.72. The standard InChI is InChI=1S/C17H24BrNO6SSi/c1-23-13-8-6-5-7-11(13)15-14(20)17(25-27(2,3)4)16(24-15)12(18)9-10-19-26(21)22/h5-8,12,20,26H,9-10H2,1-4H3,(H,19,21,22). The second kappa shape index (κ2) is 9.13. The summed E-state index contributed by atoms with van der Waals surface area (Å²) in [4.78, 5) is -0.347. The molecule has 0 spiro atoms. The Morgan fingerprint density at radius 1 is 1.30 bits per heavy atom. The van der Waals surface area contributed by atoms with Gasteiger partial charge in [-0.25, -0.2) is 13.1 Å². The lowest BCUT2D eigenvalue weighted by Crippen LogP contribution is -2.29. The van der Waals surface area contributed by atoms with Crippen LogP contribution in [0.15, 0.2) is 28.7 Å². The third kappa shape index (κ3) is 5.74. The van der Waals surface area contributed by atoms with Crippen LogP contribution in [0.3, 0.4) is 0 Å². The third-order valence-electron chi connectivity index (χ3n) is 3.55. The van der Waals surface area contributed by atoms with Gasteiger partial charge in [-0.3, -0.25) is 0 Å². The lowest BCUT2D eigenvalue weighted by molar-refractivity contribution is 0.411. The summed E-state index contributed by atoms with van der Waals surface area (Å²) in [6, 6.07) is 7.20. The summed E-state index contributed by atoms with van der Waals surface area (Å²) in [5.74, 6) is 1.42. The fourth-order valence-corrected chi connectivity index (χ4v) is 4.12. The van der Waals surface area contributed by atoms with Gasteiger partial charge in [0.15, 0.2) is 17.3 Å². The Hall–Kier alpha value is -1.49. The molecule has 27 heavy (non-hydrogen) atoms. The van der Waals surface area contributed by atoms with Crippen LogP contribution in [-0.4, -0.2) is 35.5 Å². The Bertz CT molecular complexity index is 854. The van der Waals surface area contributed by atoms with Gasteiger partial charge in [0.2, 0.25) is 25.0 Å². The maximum atomic E-state index is 10.8. The van der Waals surface area contributed by atoms with Crippen LogP contribution in [0.5, 0.6) is 17.2 Å². The van der Waals surface area contributed by atoms with E-state index in [2.05, 4.69) is 20.7 Å². The predicted octanol–water partition coefficient (Wildman–Crippen LogP) is 3.82. The number of furan rings is 1. The number of rotatable bonds is 9. The van der Waals surface area contributed by atoms with E-state index >= 15 is 0 Å². The number of para-hydroxylation sites is 1. The molecule has 0 aliphatic carbocycles. The van der Waals surface area contributed by atoms with Gasteiger partial charge in [0.1, 0.15) is 5.75 Å². The van der Waals surface area contributed by atoms with Crippen molar-refractivity contribution in [2.24, 2.45) is 0 Å². The number of halogens is 1. The molecule has 0 aliphatic rings. The average Bonchev–Trinajstić information content (AvgIpc) is 2.89. The quantitative estimate of drug-likeness (QED) is 0.288. The molecule has 0 saturated heterocycles. The molecule has 0 aliphatic heterocycles. The summed E-state index contributed by atoms with van der Waals surface area (Å²) in [5, 5.41) is 10.8. The van der Waals surface area contributed by atoms with E-state index in [1.165, 1.54) is 0 Å². The van der Waals surface area contributed by atoms with Crippen molar-refractivity contribution in [3.63, 3.8) is 0 Å². The number of benzene rings is 1. The number of ether oxygens (including phenoxy) is 1. The van der Waals surface area contributed by atoms with Crippen LogP contribution in [-0.2, 0) is 10.9 Å². The fourth-order valence-electron chi connectivity index (χ4n) is 2.46. The average molecular weight is 478 g/mol. The lowest BCUT2D eigenvalue weighted by atomic mass is 10.1. The summed E-state index contributed by atoms with van der Waals surface area (Å²) in [6.07, 6.45) is 0.420. The second-order valence-corrected chi connectivity index (χ2v) is 13.2. The zero-order valence-electron chi connectivity index (χ0n) is 15.6. The molecule has 1 unspecified atom stereocenters. The molecule has 1 aromatic carbocycles. The van der Waals surface area contributed by atoms with Crippen LogP contribution >= 0.6 is 15.9 Å². The Kier molecular flexibility index (Phi) is 7.37. The first-order chi connectivity index (χ1) is 12.6. The van der Waals surface area contributed by atoms with E-state index in [9.17, 15) is 13.5 Å². The molecular weight excluding hydrogens is 454 g/mol. The molecular formula is C17H24BrNO6SSi. The zero-order valence-corrected chi connectivity index (χ0v) is 19.1. The smallest absolute Gasteiger partial charge is 0.242 e. The Morgan fingerprint density at radius 2 is 1.96 bits per heavy atom. The first-order valence-corrected chi connectivity index (χ1v) is 13.8. The Morgan fingerprint density at radius 3 is 2.56 bits per heavy atom. The van der Waals surface area contributed by atoms with Crippen molar-refractivity contribution in [3.8, 4) is 28.6 Å². The van der Waals surface area contributed by atoms with Crippen LogP contribution in [0.4, 0.5) is 0 Å². The molecule has 0 bridgehead atoms. The van der Waals surface area contributed by atoms with Crippen molar-refractivity contribution >= 4 is 35.1 Å². The van der Waals surface area contributed by atoms with Gasteiger partial charge in [0, 0.05) is 6.54 Å². The monoisotopic (exact) mass is 477 g/mol. The van der Waals surface area contributed by atoms with Gasteiger partial charge in [-0.2, -0.15) is 0 Å². The van der Waals surface area contributed by atoms with E-state index in [0.717, 1.165) is 0 Å². The molecule has 0 amide bonds. The van der Waals surface area contributed by atoms with Gasteiger partial charge in [-0.05, 0) is 38.2 Å². The van der Waals surface area contributed by atoms with E-state index in [0.29, 0.717) is 23.5 Å². The van der Waals surface area contributed by atoms with Gasteiger partial charge < -0.3 is 18.7 Å². The predicted molar refractivity (Wildman–Crippen MR) is 111 cm³/mol. The zero-order chi connectivity index (χ0) is 20.2. The summed E-state index contributed by atoms with van der Waals surface area (Å²) in [5.41, 5.74) is 0.602. The van der Waals surface area contributed by atoms with E-state index in [4.69, 9.17) is 13.6 Å². The minimum atomic E-state index is -2.67. The first-order valence-electron chi connectivity index (χ1n) is 8.34. The van der Waals surface area contributed by atoms with Crippen LogP contribution in [0.1, 0.15) is 17.0 Å². The number of nitrogens with one attached hydrogen (secondary N) is 1. The lowest BCUT2D eigenvalue weighted by Gasteiger charge is -2.20. The number of hydrogen-bond acceptors (Lipinski definition) is 6. The van der Waals surface area contributed by atoms with Gasteiger partial charge in [-0.1, -0.05) is 28.1 Å². The number of methoxy groups -OCH3 is 1. The maximum Gasteiger partial charge on any atom is 0.242 e. The first kappa shape index (κ1) is 21.8. The molecule has 0 saturated carbocycles. The van der Waals surface area contributed by atoms with Crippen molar-refractivity contribution in [3.05, 3.63) is 30.0 Å². The highest BCUT2D eigenvalue weighted by molar-refractivity contribution is 9.09. The van der Waals surface area contributed by atoms with Crippen molar-refractivity contribution in [1.82, 2.24) is 4.72 Å². The molecule has 1 atom stereocenters. The molecule has 2 rings (SSSR count). The highest BCUT2D eigenvalue weighted by atomic mass is 79.9.